The predicted molar refractivity (Wildman–Crippen MR) is 133 cm³/mol. The number of rotatable bonds is 7. The van der Waals surface area contributed by atoms with Crippen LogP contribution >= 0.6 is 11.8 Å². The molecule has 1 aliphatic rings. The van der Waals surface area contributed by atoms with E-state index in [-0.39, 0.29) is 16.7 Å². The molecule has 3 aromatic carbocycles. The highest BCUT2D eigenvalue weighted by Gasteiger charge is 2.38. The van der Waals surface area contributed by atoms with Gasteiger partial charge in [0, 0.05) is 0 Å². The molecule has 168 valence electrons. The van der Waals surface area contributed by atoms with Crippen LogP contribution in [0.1, 0.15) is 46.8 Å². The zero-order chi connectivity index (χ0) is 23.4. The fraction of sp³-hybridized carbons (Fsp3) is 0.222. The van der Waals surface area contributed by atoms with Crippen LogP contribution < -0.4 is 0 Å². The Kier molecular flexibility index (Phi) is 6.94. The number of hydrogen-bond acceptors (Lipinski definition) is 4. The number of carbonyl (C=O) groups excluding carboxylic acids is 1. The van der Waals surface area contributed by atoms with Crippen LogP contribution in [0, 0.1) is 0 Å². The minimum atomic E-state index is -0.978. The highest BCUT2D eigenvalue weighted by atomic mass is 32.2. The predicted octanol–water partition coefficient (Wildman–Crippen LogP) is 5.88. The van der Waals surface area contributed by atoms with E-state index in [9.17, 15) is 9.59 Å². The van der Waals surface area contributed by atoms with Crippen molar-refractivity contribution in [2.45, 2.75) is 38.0 Å². The Balaban J connectivity index is 1.59. The maximum Gasteiger partial charge on any atom is 0.335 e. The summed E-state index contributed by atoms with van der Waals surface area (Å²) in [6, 6.07) is 24.7. The fourth-order valence-electron chi connectivity index (χ4n) is 3.68. The van der Waals surface area contributed by atoms with E-state index in [4.69, 9.17) is 10.1 Å². The van der Waals surface area contributed by atoms with Crippen molar-refractivity contribution in [1.82, 2.24) is 4.90 Å². The van der Waals surface area contributed by atoms with Crippen LogP contribution in [0.3, 0.4) is 0 Å². The molecule has 3 aromatic rings. The number of aromatic carboxylic acids is 1. The van der Waals surface area contributed by atoms with Crippen molar-refractivity contribution in [1.29, 1.82) is 0 Å². The van der Waals surface area contributed by atoms with Crippen molar-refractivity contribution in [2.75, 3.05) is 0 Å². The number of benzene rings is 3. The molecule has 0 aromatic heterocycles. The van der Waals surface area contributed by atoms with Gasteiger partial charge in [0.15, 0.2) is 5.17 Å². The Hall–Kier alpha value is -3.38. The van der Waals surface area contributed by atoms with Gasteiger partial charge in [0.05, 0.1) is 23.0 Å². The summed E-state index contributed by atoms with van der Waals surface area (Å²) in [5.74, 6) is -0.472. The Bertz CT molecular complexity index is 1160. The van der Waals surface area contributed by atoms with Crippen LogP contribution in [0.25, 0.3) is 0 Å². The molecular formula is C27H26N2O3S. The summed E-state index contributed by atoms with van der Waals surface area (Å²) in [5.41, 5.74) is 4.26. The van der Waals surface area contributed by atoms with Gasteiger partial charge in [-0.25, -0.2) is 9.79 Å². The SMILES string of the molecule is CC(C)c1ccc(CC2SC(=Nc3ccc(C(=O)O)cc3)N(Cc3ccccc3)C2=O)cc1. The van der Waals surface area contributed by atoms with E-state index in [0.717, 1.165) is 11.1 Å². The number of nitrogens with zero attached hydrogens (tertiary/aromatic N) is 2. The Morgan fingerprint density at radius 2 is 1.64 bits per heavy atom. The van der Waals surface area contributed by atoms with Gasteiger partial charge < -0.3 is 5.11 Å². The first kappa shape index (κ1) is 22.8. The first-order valence-electron chi connectivity index (χ1n) is 10.9. The Morgan fingerprint density at radius 3 is 2.24 bits per heavy atom. The van der Waals surface area contributed by atoms with Gasteiger partial charge in [-0.3, -0.25) is 9.69 Å². The molecule has 5 nitrogen and oxygen atoms in total. The third-order valence-corrected chi connectivity index (χ3v) is 6.79. The summed E-state index contributed by atoms with van der Waals surface area (Å²) < 4.78 is 0. The van der Waals surface area contributed by atoms with E-state index in [0.29, 0.717) is 29.7 Å². The van der Waals surface area contributed by atoms with Crippen molar-refractivity contribution in [3.8, 4) is 0 Å². The summed E-state index contributed by atoms with van der Waals surface area (Å²) in [6.07, 6.45) is 0.629. The fourth-order valence-corrected chi connectivity index (χ4v) is 4.88. The minimum absolute atomic E-state index is 0.0395. The molecule has 0 bridgehead atoms. The summed E-state index contributed by atoms with van der Waals surface area (Å²) >= 11 is 1.47. The van der Waals surface area contributed by atoms with Crippen molar-refractivity contribution >= 4 is 34.5 Å². The molecule has 4 rings (SSSR count). The zero-order valence-corrected chi connectivity index (χ0v) is 19.5. The van der Waals surface area contributed by atoms with E-state index in [1.54, 1.807) is 17.0 Å². The summed E-state index contributed by atoms with van der Waals surface area (Å²) in [6.45, 7) is 4.78. The molecule has 1 unspecified atom stereocenters. The molecule has 1 aliphatic heterocycles. The molecule has 0 radical (unpaired) electrons. The molecule has 0 spiro atoms. The summed E-state index contributed by atoms with van der Waals surface area (Å²) in [5, 5.41) is 9.51. The summed E-state index contributed by atoms with van der Waals surface area (Å²) in [7, 11) is 0. The van der Waals surface area contributed by atoms with E-state index in [2.05, 4.69) is 38.1 Å². The first-order valence-corrected chi connectivity index (χ1v) is 11.8. The third-order valence-electron chi connectivity index (χ3n) is 5.61. The van der Waals surface area contributed by atoms with Crippen molar-refractivity contribution < 1.29 is 14.7 Å². The first-order chi connectivity index (χ1) is 15.9. The van der Waals surface area contributed by atoms with Crippen LogP contribution in [-0.4, -0.2) is 32.3 Å². The van der Waals surface area contributed by atoms with E-state index >= 15 is 0 Å². The average Bonchev–Trinajstić information content (AvgIpc) is 3.09. The second-order valence-electron chi connectivity index (χ2n) is 8.36. The maximum absolute atomic E-state index is 13.4. The number of hydrogen-bond donors (Lipinski definition) is 1. The Morgan fingerprint density at radius 1 is 0.970 bits per heavy atom. The highest BCUT2D eigenvalue weighted by Crippen LogP contribution is 2.33. The molecule has 0 aliphatic carbocycles. The summed E-state index contributed by atoms with van der Waals surface area (Å²) in [4.78, 5) is 31.0. The number of carboxylic acid groups (broad SMARTS) is 1. The molecule has 1 fully saturated rings. The van der Waals surface area contributed by atoms with Gasteiger partial charge in [-0.15, -0.1) is 0 Å². The lowest BCUT2D eigenvalue weighted by Gasteiger charge is -2.17. The topological polar surface area (TPSA) is 70.0 Å². The second-order valence-corrected chi connectivity index (χ2v) is 9.53. The molecule has 1 atom stereocenters. The Labute approximate surface area is 198 Å². The molecule has 33 heavy (non-hydrogen) atoms. The van der Waals surface area contributed by atoms with Gasteiger partial charge in [-0.05, 0) is 53.3 Å². The van der Waals surface area contributed by atoms with Gasteiger partial charge in [0.2, 0.25) is 5.91 Å². The second kappa shape index (κ2) is 10.0. The van der Waals surface area contributed by atoms with Gasteiger partial charge in [-0.2, -0.15) is 0 Å². The molecule has 1 amide bonds. The molecule has 1 saturated heterocycles. The number of carboxylic acids is 1. The van der Waals surface area contributed by atoms with E-state index in [1.807, 2.05) is 30.3 Å². The van der Waals surface area contributed by atoms with Crippen molar-refractivity contribution in [2.24, 2.45) is 4.99 Å². The number of thioether (sulfide) groups is 1. The third kappa shape index (κ3) is 5.52. The van der Waals surface area contributed by atoms with Crippen molar-refractivity contribution in [3.63, 3.8) is 0 Å². The van der Waals surface area contributed by atoms with Crippen LogP contribution in [0.5, 0.6) is 0 Å². The highest BCUT2D eigenvalue weighted by molar-refractivity contribution is 8.15. The lowest BCUT2D eigenvalue weighted by Crippen LogP contribution is -2.32. The lowest BCUT2D eigenvalue weighted by atomic mass is 10.00. The number of amides is 1. The quantitative estimate of drug-likeness (QED) is 0.480. The van der Waals surface area contributed by atoms with Crippen LogP contribution in [0.2, 0.25) is 0 Å². The van der Waals surface area contributed by atoms with Crippen LogP contribution in [0.15, 0.2) is 83.9 Å². The molecular weight excluding hydrogens is 432 g/mol. The van der Waals surface area contributed by atoms with Crippen LogP contribution in [0.4, 0.5) is 5.69 Å². The standard InChI is InChI=1S/C27H26N2O3S/c1-18(2)21-10-8-19(9-11-21)16-24-25(30)29(17-20-6-4-3-5-7-20)27(33-24)28-23-14-12-22(13-15-23)26(31)32/h3-15,18,24H,16-17H2,1-2H3,(H,31,32). The lowest BCUT2D eigenvalue weighted by molar-refractivity contribution is -0.126. The normalized spacial score (nSPS) is 17.2. The largest absolute Gasteiger partial charge is 0.478 e. The molecule has 6 heteroatoms. The van der Waals surface area contributed by atoms with Gasteiger partial charge >= 0.3 is 5.97 Å². The minimum Gasteiger partial charge on any atom is -0.478 e. The van der Waals surface area contributed by atoms with Crippen molar-refractivity contribution in [3.05, 3.63) is 101 Å². The van der Waals surface area contributed by atoms with E-state index in [1.165, 1.54) is 29.5 Å². The number of amidine groups is 1. The zero-order valence-electron chi connectivity index (χ0n) is 18.6. The van der Waals surface area contributed by atoms with Crippen LogP contribution in [-0.2, 0) is 17.8 Å². The monoisotopic (exact) mass is 458 g/mol. The number of carbonyl (C=O) groups is 2. The smallest absolute Gasteiger partial charge is 0.335 e. The van der Waals surface area contributed by atoms with Gasteiger partial charge in [-0.1, -0.05) is 80.2 Å². The van der Waals surface area contributed by atoms with E-state index < -0.39 is 5.97 Å². The average molecular weight is 459 g/mol. The number of aliphatic imine (C=N–C) groups is 1. The maximum atomic E-state index is 13.4. The van der Waals surface area contributed by atoms with Gasteiger partial charge in [0.25, 0.3) is 0 Å². The van der Waals surface area contributed by atoms with Gasteiger partial charge in [0.1, 0.15) is 0 Å². The molecule has 0 saturated carbocycles. The molecule has 1 N–H and O–H groups in total. The molecule has 1 heterocycles.